The molecule has 0 aromatic heterocycles. The van der Waals surface area contributed by atoms with Crippen LogP contribution in [0.25, 0.3) is 11.1 Å². The van der Waals surface area contributed by atoms with Gasteiger partial charge in [0.05, 0.1) is 7.11 Å². The molecule has 20 heavy (non-hydrogen) atoms. The van der Waals surface area contributed by atoms with Gasteiger partial charge in [0, 0.05) is 12.1 Å². The molecule has 0 radical (unpaired) electrons. The van der Waals surface area contributed by atoms with Crippen LogP contribution in [0.3, 0.4) is 0 Å². The minimum absolute atomic E-state index is 0.924. The second-order valence-electron chi connectivity index (χ2n) is 5.03. The fourth-order valence-corrected chi connectivity index (χ4v) is 2.41. The maximum absolute atomic E-state index is 5.45. The molecule has 2 rings (SSSR count). The Bertz CT molecular complexity index is 563. The number of benzene rings is 2. The van der Waals surface area contributed by atoms with E-state index in [0.29, 0.717) is 0 Å². The summed E-state index contributed by atoms with van der Waals surface area (Å²) in [6.07, 6.45) is 1.16. The normalized spacial score (nSPS) is 10.6. The fraction of sp³-hybridized carbons (Fsp3) is 0.333. The molecule has 2 heteroatoms. The molecule has 0 aliphatic rings. The zero-order valence-corrected chi connectivity index (χ0v) is 12.6. The van der Waals surface area contributed by atoms with E-state index in [1.165, 1.54) is 16.7 Å². The largest absolute Gasteiger partial charge is 0.496 e. The Labute approximate surface area is 121 Å². The van der Waals surface area contributed by atoms with Crippen molar-refractivity contribution in [2.75, 3.05) is 13.7 Å². The van der Waals surface area contributed by atoms with E-state index >= 15 is 0 Å². The molecule has 0 aliphatic carbocycles. The number of hydrogen-bond acceptors (Lipinski definition) is 2. The van der Waals surface area contributed by atoms with Crippen LogP contribution in [0.4, 0.5) is 0 Å². The zero-order valence-electron chi connectivity index (χ0n) is 12.6. The maximum Gasteiger partial charge on any atom is 0.126 e. The molecular formula is C18H23NO. The number of hydrogen-bond donors (Lipinski definition) is 1. The molecule has 0 heterocycles. The summed E-state index contributed by atoms with van der Waals surface area (Å²) in [4.78, 5) is 0. The van der Waals surface area contributed by atoms with Gasteiger partial charge in [0.25, 0.3) is 0 Å². The summed E-state index contributed by atoms with van der Waals surface area (Å²) in [5.41, 5.74) is 5.00. The monoisotopic (exact) mass is 269 g/mol. The third-order valence-corrected chi connectivity index (χ3v) is 3.44. The van der Waals surface area contributed by atoms with Crippen LogP contribution in [-0.2, 0) is 6.54 Å². The molecule has 0 amide bonds. The van der Waals surface area contributed by atoms with Crippen molar-refractivity contribution >= 4 is 0 Å². The predicted molar refractivity (Wildman–Crippen MR) is 85.2 cm³/mol. The molecule has 0 saturated carbocycles. The average molecular weight is 269 g/mol. The molecule has 2 nitrogen and oxygen atoms in total. The Kier molecular flexibility index (Phi) is 5.19. The van der Waals surface area contributed by atoms with E-state index in [0.717, 1.165) is 30.8 Å². The first-order valence-corrected chi connectivity index (χ1v) is 7.20. The van der Waals surface area contributed by atoms with Crippen molar-refractivity contribution < 1.29 is 4.74 Å². The Morgan fingerprint density at radius 1 is 1.05 bits per heavy atom. The second-order valence-corrected chi connectivity index (χ2v) is 5.03. The smallest absolute Gasteiger partial charge is 0.126 e. The fourth-order valence-electron chi connectivity index (χ4n) is 2.41. The molecule has 2 aromatic rings. The van der Waals surface area contributed by atoms with Gasteiger partial charge in [-0.15, -0.1) is 0 Å². The molecule has 0 spiro atoms. The van der Waals surface area contributed by atoms with Crippen LogP contribution in [-0.4, -0.2) is 13.7 Å². The van der Waals surface area contributed by atoms with E-state index in [-0.39, 0.29) is 0 Å². The molecule has 0 aliphatic heterocycles. The number of rotatable bonds is 6. The first kappa shape index (κ1) is 14.6. The van der Waals surface area contributed by atoms with E-state index in [9.17, 15) is 0 Å². The van der Waals surface area contributed by atoms with Crippen LogP contribution in [0.5, 0.6) is 5.75 Å². The average Bonchev–Trinajstić information content (AvgIpc) is 2.48. The Morgan fingerprint density at radius 3 is 2.55 bits per heavy atom. The van der Waals surface area contributed by atoms with Gasteiger partial charge < -0.3 is 10.1 Å². The number of nitrogens with one attached hydrogen (secondary N) is 1. The lowest BCUT2D eigenvalue weighted by atomic mass is 9.97. The highest BCUT2D eigenvalue weighted by molar-refractivity contribution is 5.73. The Hall–Kier alpha value is -1.80. The Balaban J connectivity index is 2.25. The Morgan fingerprint density at radius 2 is 1.85 bits per heavy atom. The summed E-state index contributed by atoms with van der Waals surface area (Å²) in [5.74, 6) is 0.924. The topological polar surface area (TPSA) is 21.3 Å². The molecule has 0 saturated heterocycles. The predicted octanol–water partition coefficient (Wildman–Crippen LogP) is 4.17. The van der Waals surface area contributed by atoms with Gasteiger partial charge >= 0.3 is 0 Å². The van der Waals surface area contributed by atoms with Crippen LogP contribution in [0.15, 0.2) is 42.5 Å². The SMILES string of the molecule is CCCNCc1ccc(-c2ccccc2OC)c(C)c1. The lowest BCUT2D eigenvalue weighted by Crippen LogP contribution is -2.13. The molecule has 1 N–H and O–H groups in total. The summed E-state index contributed by atoms with van der Waals surface area (Å²) in [5, 5.41) is 3.44. The van der Waals surface area contributed by atoms with Gasteiger partial charge in [0.1, 0.15) is 5.75 Å². The van der Waals surface area contributed by atoms with Gasteiger partial charge in [-0.25, -0.2) is 0 Å². The van der Waals surface area contributed by atoms with Crippen LogP contribution < -0.4 is 10.1 Å². The number of aryl methyl sites for hydroxylation is 1. The van der Waals surface area contributed by atoms with Crippen LogP contribution in [0.2, 0.25) is 0 Å². The highest BCUT2D eigenvalue weighted by Gasteiger charge is 2.08. The number of methoxy groups -OCH3 is 1. The van der Waals surface area contributed by atoms with E-state index in [1.807, 2.05) is 18.2 Å². The first-order valence-electron chi connectivity index (χ1n) is 7.20. The molecule has 0 bridgehead atoms. The van der Waals surface area contributed by atoms with Crippen molar-refractivity contribution in [3.63, 3.8) is 0 Å². The van der Waals surface area contributed by atoms with Crippen LogP contribution >= 0.6 is 0 Å². The quantitative estimate of drug-likeness (QED) is 0.795. The van der Waals surface area contributed by atoms with Gasteiger partial charge in [-0.05, 0) is 42.6 Å². The van der Waals surface area contributed by atoms with Crippen LogP contribution in [0.1, 0.15) is 24.5 Å². The minimum atomic E-state index is 0.924. The lowest BCUT2D eigenvalue weighted by molar-refractivity contribution is 0.416. The lowest BCUT2D eigenvalue weighted by Gasteiger charge is -2.12. The van der Waals surface area contributed by atoms with Crippen LogP contribution in [0, 0.1) is 6.92 Å². The first-order chi connectivity index (χ1) is 9.76. The summed E-state index contributed by atoms with van der Waals surface area (Å²) >= 11 is 0. The van der Waals surface area contributed by atoms with Crippen molar-refractivity contribution in [3.05, 3.63) is 53.6 Å². The van der Waals surface area contributed by atoms with E-state index in [2.05, 4.69) is 43.4 Å². The van der Waals surface area contributed by atoms with Gasteiger partial charge in [-0.1, -0.05) is 43.3 Å². The van der Waals surface area contributed by atoms with Crippen molar-refractivity contribution in [3.8, 4) is 16.9 Å². The van der Waals surface area contributed by atoms with E-state index in [4.69, 9.17) is 4.74 Å². The molecule has 2 aromatic carbocycles. The molecule has 106 valence electrons. The third-order valence-electron chi connectivity index (χ3n) is 3.44. The summed E-state index contributed by atoms with van der Waals surface area (Å²) in [6.45, 7) is 6.34. The van der Waals surface area contributed by atoms with Gasteiger partial charge in [-0.3, -0.25) is 0 Å². The summed E-state index contributed by atoms with van der Waals surface area (Å²) in [6, 6.07) is 14.8. The molecule has 0 unspecified atom stereocenters. The maximum atomic E-state index is 5.45. The van der Waals surface area contributed by atoms with Gasteiger partial charge in [0.15, 0.2) is 0 Å². The standard InChI is InChI=1S/C18H23NO/c1-4-11-19-13-15-9-10-16(14(2)12-15)17-7-5-6-8-18(17)20-3/h5-10,12,19H,4,11,13H2,1-3H3. The molecular weight excluding hydrogens is 246 g/mol. The third kappa shape index (κ3) is 3.40. The summed E-state index contributed by atoms with van der Waals surface area (Å²) in [7, 11) is 1.72. The highest BCUT2D eigenvalue weighted by atomic mass is 16.5. The zero-order chi connectivity index (χ0) is 14.4. The summed E-state index contributed by atoms with van der Waals surface area (Å²) < 4.78 is 5.45. The highest BCUT2D eigenvalue weighted by Crippen LogP contribution is 2.32. The number of para-hydroxylation sites is 1. The molecule has 0 atom stereocenters. The van der Waals surface area contributed by atoms with E-state index in [1.54, 1.807) is 7.11 Å². The van der Waals surface area contributed by atoms with Crippen molar-refractivity contribution in [1.29, 1.82) is 0 Å². The number of ether oxygens (including phenoxy) is 1. The van der Waals surface area contributed by atoms with E-state index < -0.39 is 0 Å². The molecule has 0 fully saturated rings. The minimum Gasteiger partial charge on any atom is -0.496 e. The van der Waals surface area contributed by atoms with Gasteiger partial charge in [0.2, 0.25) is 0 Å². The van der Waals surface area contributed by atoms with Crippen molar-refractivity contribution in [1.82, 2.24) is 5.32 Å². The van der Waals surface area contributed by atoms with Crippen molar-refractivity contribution in [2.45, 2.75) is 26.8 Å². The van der Waals surface area contributed by atoms with Gasteiger partial charge in [-0.2, -0.15) is 0 Å². The second kappa shape index (κ2) is 7.11. The van der Waals surface area contributed by atoms with Crippen molar-refractivity contribution in [2.24, 2.45) is 0 Å².